The number of fused-ring (bicyclic) bond motifs is 1. The molecule has 0 N–H and O–H groups in total. The van der Waals surface area contributed by atoms with Gasteiger partial charge in [0.15, 0.2) is 0 Å². The Morgan fingerprint density at radius 3 is 2.31 bits per heavy atom. The van der Waals surface area contributed by atoms with Gasteiger partial charge in [0.05, 0.1) is 18.2 Å². The maximum absolute atomic E-state index is 13.6. The minimum atomic E-state index is -4.79. The number of alkyl halides is 6. The quantitative estimate of drug-likeness (QED) is 0.164. The first-order valence-corrected chi connectivity index (χ1v) is 10.2. The van der Waals surface area contributed by atoms with Crippen LogP contribution in [0.1, 0.15) is 5.56 Å². The monoisotopic (exact) mass is 516 g/mol. The summed E-state index contributed by atoms with van der Waals surface area (Å²) in [6, 6.07) is 7.96. The average molecular weight is 516 g/mol. The fourth-order valence-corrected chi connectivity index (χ4v) is 3.16. The number of hydrogen-bond donors (Lipinski definition) is 0. The third kappa shape index (κ3) is 6.18. The van der Waals surface area contributed by atoms with Crippen molar-refractivity contribution in [1.29, 1.82) is 0 Å². The summed E-state index contributed by atoms with van der Waals surface area (Å²) in [6.07, 6.45) is -8.82. The summed E-state index contributed by atoms with van der Waals surface area (Å²) < 4.78 is 100.0. The van der Waals surface area contributed by atoms with Crippen molar-refractivity contribution >= 4 is 16.9 Å². The molecule has 1 atom stereocenters. The van der Waals surface area contributed by atoms with Crippen molar-refractivity contribution in [2.24, 2.45) is 5.92 Å². The third-order valence-electron chi connectivity index (χ3n) is 5.04. The van der Waals surface area contributed by atoms with E-state index in [2.05, 4.69) is 11.3 Å². The molecule has 0 radical (unpaired) electrons. The van der Waals surface area contributed by atoms with E-state index in [1.165, 1.54) is 31.4 Å². The zero-order chi connectivity index (χ0) is 26.7. The smallest absolute Gasteiger partial charge is 0.417 e. The molecule has 1 aromatic heterocycles. The molecule has 0 amide bonds. The number of carbonyl (C=O) groups is 1. The number of ether oxygens (including phenoxy) is 3. The minimum absolute atomic E-state index is 0.0607. The third-order valence-corrected chi connectivity index (χ3v) is 5.04. The van der Waals surface area contributed by atoms with Crippen molar-refractivity contribution in [2.45, 2.75) is 12.4 Å². The molecule has 2 aromatic carbocycles. The largest absolute Gasteiger partial charge is 0.497 e. The molecule has 6 nitrogen and oxygen atoms in total. The summed E-state index contributed by atoms with van der Waals surface area (Å²) in [6.45, 7) is 1.19. The van der Waals surface area contributed by atoms with Gasteiger partial charge in [-0.15, -0.1) is 0 Å². The van der Waals surface area contributed by atoms with Gasteiger partial charge in [0, 0.05) is 23.1 Å². The molecule has 0 saturated heterocycles. The standard InChI is InChI=1S/C24H18F6O6/c1-3-21(31)35-12-14(23(25,26)27)11-34-16-5-4-13-8-18(22(32)36-20(13)10-16)17-7-6-15(33-2)9-19(17)24(28,29)30/h3-10,14H,1,11-12H2,2H3. The van der Waals surface area contributed by atoms with Crippen molar-refractivity contribution in [3.8, 4) is 22.6 Å². The zero-order valence-corrected chi connectivity index (χ0v) is 18.5. The van der Waals surface area contributed by atoms with Crippen molar-refractivity contribution in [2.75, 3.05) is 20.3 Å². The van der Waals surface area contributed by atoms with E-state index in [-0.39, 0.29) is 28.0 Å². The molecule has 36 heavy (non-hydrogen) atoms. The van der Waals surface area contributed by atoms with E-state index in [1.54, 1.807) is 0 Å². The lowest BCUT2D eigenvalue weighted by atomic mass is 9.99. The fourth-order valence-electron chi connectivity index (χ4n) is 3.16. The van der Waals surface area contributed by atoms with Crippen LogP contribution in [-0.2, 0) is 15.7 Å². The Bertz CT molecular complexity index is 1330. The number of carbonyl (C=O) groups excluding carboxylic acids is 1. The van der Waals surface area contributed by atoms with Crippen molar-refractivity contribution in [1.82, 2.24) is 0 Å². The summed E-state index contributed by atoms with van der Waals surface area (Å²) in [7, 11) is 1.20. The summed E-state index contributed by atoms with van der Waals surface area (Å²) in [5.41, 5.74) is -3.12. The molecule has 0 fully saturated rings. The van der Waals surface area contributed by atoms with Gasteiger partial charge in [-0.05, 0) is 36.4 Å². The van der Waals surface area contributed by atoms with Gasteiger partial charge in [-0.2, -0.15) is 26.3 Å². The predicted molar refractivity (Wildman–Crippen MR) is 116 cm³/mol. The number of esters is 1. The highest BCUT2D eigenvalue weighted by atomic mass is 19.4. The van der Waals surface area contributed by atoms with E-state index < -0.39 is 54.2 Å². The van der Waals surface area contributed by atoms with Crippen LogP contribution >= 0.6 is 0 Å². The lowest BCUT2D eigenvalue weighted by molar-refractivity contribution is -0.195. The summed E-state index contributed by atoms with van der Waals surface area (Å²) in [5, 5.41) is 0.202. The van der Waals surface area contributed by atoms with E-state index in [0.717, 1.165) is 24.3 Å². The highest BCUT2D eigenvalue weighted by Crippen LogP contribution is 2.39. The molecule has 3 rings (SSSR count). The first kappa shape index (κ1) is 26.6. The van der Waals surface area contributed by atoms with Crippen molar-refractivity contribution < 1.29 is 49.8 Å². The van der Waals surface area contributed by atoms with Gasteiger partial charge < -0.3 is 18.6 Å². The van der Waals surface area contributed by atoms with Gasteiger partial charge in [-0.1, -0.05) is 6.58 Å². The Kier molecular flexibility index (Phi) is 7.65. The Hall–Kier alpha value is -3.96. The van der Waals surface area contributed by atoms with Crippen LogP contribution in [0.5, 0.6) is 11.5 Å². The van der Waals surface area contributed by atoms with Gasteiger partial charge in [0.25, 0.3) is 0 Å². The second-order valence-electron chi connectivity index (χ2n) is 7.44. The highest BCUT2D eigenvalue weighted by molar-refractivity contribution is 5.83. The number of methoxy groups -OCH3 is 1. The zero-order valence-electron chi connectivity index (χ0n) is 18.5. The summed E-state index contributed by atoms with van der Waals surface area (Å²) in [5.74, 6) is -3.35. The second kappa shape index (κ2) is 10.3. The van der Waals surface area contributed by atoms with Gasteiger partial charge in [0.1, 0.15) is 36.2 Å². The maximum atomic E-state index is 13.6. The molecule has 0 aliphatic heterocycles. The Balaban J connectivity index is 1.90. The van der Waals surface area contributed by atoms with Crippen LogP contribution in [0.2, 0.25) is 0 Å². The summed E-state index contributed by atoms with van der Waals surface area (Å²) >= 11 is 0. The Morgan fingerprint density at radius 2 is 1.69 bits per heavy atom. The van der Waals surface area contributed by atoms with Crippen LogP contribution in [0.25, 0.3) is 22.1 Å². The first-order chi connectivity index (χ1) is 16.8. The number of halogens is 6. The summed E-state index contributed by atoms with van der Waals surface area (Å²) in [4.78, 5) is 23.6. The normalized spacial score (nSPS) is 12.8. The second-order valence-corrected chi connectivity index (χ2v) is 7.44. The molecule has 12 heteroatoms. The first-order valence-electron chi connectivity index (χ1n) is 10.2. The van der Waals surface area contributed by atoms with Crippen LogP contribution in [0.15, 0.2) is 64.3 Å². The van der Waals surface area contributed by atoms with Crippen molar-refractivity contribution in [3.05, 3.63) is 71.1 Å². The van der Waals surface area contributed by atoms with Gasteiger partial charge >= 0.3 is 23.9 Å². The molecular weight excluding hydrogens is 498 g/mol. The van der Waals surface area contributed by atoms with Gasteiger partial charge in [0.2, 0.25) is 0 Å². The number of hydrogen-bond acceptors (Lipinski definition) is 6. The van der Waals surface area contributed by atoms with E-state index in [0.29, 0.717) is 0 Å². The van der Waals surface area contributed by atoms with Gasteiger partial charge in [-0.25, -0.2) is 9.59 Å². The predicted octanol–water partition coefficient (Wildman–Crippen LogP) is 5.77. The Morgan fingerprint density at radius 1 is 1.00 bits per heavy atom. The van der Waals surface area contributed by atoms with Crippen LogP contribution < -0.4 is 15.1 Å². The molecule has 0 saturated carbocycles. The van der Waals surface area contributed by atoms with E-state index in [4.69, 9.17) is 13.9 Å². The molecule has 0 spiro atoms. The molecule has 3 aromatic rings. The van der Waals surface area contributed by atoms with Gasteiger partial charge in [-0.3, -0.25) is 0 Å². The van der Waals surface area contributed by atoms with Crippen LogP contribution in [0.4, 0.5) is 26.3 Å². The van der Waals surface area contributed by atoms with Crippen LogP contribution in [0.3, 0.4) is 0 Å². The maximum Gasteiger partial charge on any atom is 0.417 e. The average Bonchev–Trinajstić information content (AvgIpc) is 2.81. The SMILES string of the molecule is C=CC(=O)OCC(COc1ccc2cc(-c3ccc(OC)cc3C(F)(F)F)c(=O)oc2c1)C(F)(F)F. The van der Waals surface area contributed by atoms with Crippen LogP contribution in [-0.4, -0.2) is 32.5 Å². The molecule has 0 aliphatic carbocycles. The molecule has 0 bridgehead atoms. The Labute approximate surface area is 199 Å². The molecular formula is C24H18F6O6. The van der Waals surface area contributed by atoms with Crippen LogP contribution in [0, 0.1) is 5.92 Å². The number of rotatable bonds is 8. The van der Waals surface area contributed by atoms with E-state index in [1.807, 2.05) is 0 Å². The molecule has 1 unspecified atom stereocenters. The lowest BCUT2D eigenvalue weighted by Crippen LogP contribution is -2.33. The molecule has 1 heterocycles. The topological polar surface area (TPSA) is 75.0 Å². The fraction of sp³-hybridized carbons (Fsp3) is 0.250. The molecule has 0 aliphatic rings. The van der Waals surface area contributed by atoms with E-state index in [9.17, 15) is 35.9 Å². The van der Waals surface area contributed by atoms with E-state index >= 15 is 0 Å². The highest BCUT2D eigenvalue weighted by Gasteiger charge is 2.41. The number of benzene rings is 2. The minimum Gasteiger partial charge on any atom is -0.497 e. The lowest BCUT2D eigenvalue weighted by Gasteiger charge is -2.20. The van der Waals surface area contributed by atoms with Crippen molar-refractivity contribution in [3.63, 3.8) is 0 Å². The molecule has 192 valence electrons.